The summed E-state index contributed by atoms with van der Waals surface area (Å²) in [4.78, 5) is 13.6. The van der Waals surface area contributed by atoms with Gasteiger partial charge in [-0.1, -0.05) is 17.7 Å². The van der Waals surface area contributed by atoms with Gasteiger partial charge in [0.2, 0.25) is 0 Å². The topological polar surface area (TPSA) is 37.3 Å². The van der Waals surface area contributed by atoms with E-state index in [-0.39, 0.29) is 5.69 Å². The molecule has 0 atom stereocenters. The molecule has 3 nitrogen and oxygen atoms in total. The molecule has 0 aliphatic rings. The summed E-state index contributed by atoms with van der Waals surface area (Å²) in [6.07, 6.45) is 1.62. The Hall–Kier alpha value is -1.22. The molecule has 0 radical (unpaired) electrons. The molecule has 0 amide bonds. The third-order valence-corrected chi connectivity index (χ3v) is 1.81. The zero-order chi connectivity index (χ0) is 7.84. The number of fused-ring (bicyclic) bond motifs is 1. The van der Waals surface area contributed by atoms with E-state index in [0.29, 0.717) is 5.15 Å². The number of halogens is 1. The summed E-state index contributed by atoms with van der Waals surface area (Å²) < 4.78 is 1.40. The summed E-state index contributed by atoms with van der Waals surface area (Å²) in [6, 6.07) is 5.28. The van der Waals surface area contributed by atoms with Gasteiger partial charge in [-0.05, 0) is 12.1 Å². The largest absolute Gasteiger partial charge is 0.331 e. The predicted molar refractivity (Wildman–Crippen MR) is 43.0 cm³/mol. The van der Waals surface area contributed by atoms with Gasteiger partial charge in [-0.2, -0.15) is 0 Å². The summed E-state index contributed by atoms with van der Waals surface area (Å²) >= 11 is 5.75. The normalized spacial score (nSPS) is 10.6. The maximum atomic E-state index is 11.0. The van der Waals surface area contributed by atoms with Crippen LogP contribution in [0.2, 0.25) is 5.15 Å². The van der Waals surface area contributed by atoms with E-state index >= 15 is 0 Å². The predicted octanol–water partition coefficient (Wildman–Crippen LogP) is 1.28. The quantitative estimate of drug-likeness (QED) is 0.592. The number of hydrogen-bond acceptors (Lipinski definition) is 1. The zero-order valence-corrected chi connectivity index (χ0v) is 6.30. The molecule has 0 bridgehead atoms. The Kier molecular flexibility index (Phi) is 1.26. The van der Waals surface area contributed by atoms with Crippen molar-refractivity contribution in [2.45, 2.75) is 0 Å². The molecule has 0 aliphatic heterocycles. The number of imidazole rings is 1. The molecule has 4 heteroatoms. The number of rotatable bonds is 0. The van der Waals surface area contributed by atoms with E-state index in [0.717, 1.165) is 5.52 Å². The Morgan fingerprint density at radius 2 is 2.27 bits per heavy atom. The van der Waals surface area contributed by atoms with Crippen molar-refractivity contribution in [3.8, 4) is 0 Å². The fourth-order valence-corrected chi connectivity index (χ4v) is 1.27. The number of pyridine rings is 1. The zero-order valence-electron chi connectivity index (χ0n) is 5.54. The van der Waals surface area contributed by atoms with Crippen LogP contribution < -0.4 is 5.69 Å². The lowest BCUT2D eigenvalue weighted by atomic mass is 10.4. The van der Waals surface area contributed by atoms with Crippen LogP contribution in [0.5, 0.6) is 0 Å². The second-order valence-electron chi connectivity index (χ2n) is 2.20. The van der Waals surface area contributed by atoms with Gasteiger partial charge in [-0.15, -0.1) is 0 Å². The number of aromatic amines is 1. The Labute approximate surface area is 67.2 Å². The van der Waals surface area contributed by atoms with Crippen molar-refractivity contribution in [1.29, 1.82) is 0 Å². The minimum absolute atomic E-state index is 0.203. The van der Waals surface area contributed by atoms with Crippen LogP contribution in [0.25, 0.3) is 5.52 Å². The van der Waals surface area contributed by atoms with E-state index in [1.807, 2.05) is 6.07 Å². The molecule has 0 saturated carbocycles. The molecular weight excluding hydrogens is 164 g/mol. The monoisotopic (exact) mass is 168 g/mol. The van der Waals surface area contributed by atoms with Crippen molar-refractivity contribution >= 4 is 17.1 Å². The van der Waals surface area contributed by atoms with Crippen LogP contribution in [0, 0.1) is 0 Å². The van der Waals surface area contributed by atoms with Gasteiger partial charge in [-0.25, -0.2) is 4.79 Å². The number of aromatic nitrogens is 2. The van der Waals surface area contributed by atoms with Crippen molar-refractivity contribution < 1.29 is 0 Å². The highest BCUT2D eigenvalue weighted by Crippen LogP contribution is 2.08. The number of nitrogens with one attached hydrogen (secondary N) is 1. The van der Waals surface area contributed by atoms with E-state index < -0.39 is 0 Å². The van der Waals surface area contributed by atoms with Gasteiger partial charge in [-0.3, -0.25) is 4.40 Å². The molecule has 2 rings (SSSR count). The van der Waals surface area contributed by atoms with E-state index in [1.54, 1.807) is 18.3 Å². The molecule has 2 heterocycles. The molecule has 0 saturated heterocycles. The number of hydrogen-bond donors (Lipinski definition) is 1. The van der Waals surface area contributed by atoms with E-state index in [4.69, 9.17) is 11.6 Å². The third-order valence-electron chi connectivity index (χ3n) is 1.52. The highest BCUT2D eigenvalue weighted by Gasteiger charge is 1.99. The van der Waals surface area contributed by atoms with Gasteiger partial charge < -0.3 is 4.98 Å². The molecule has 11 heavy (non-hydrogen) atoms. The SMILES string of the molecule is O=c1[nH]cc2cccc(Cl)n12. The van der Waals surface area contributed by atoms with Crippen molar-refractivity contribution in [2.75, 3.05) is 0 Å². The molecule has 0 fully saturated rings. The van der Waals surface area contributed by atoms with E-state index in [1.165, 1.54) is 4.40 Å². The minimum atomic E-state index is -0.203. The van der Waals surface area contributed by atoms with Crippen molar-refractivity contribution in [3.63, 3.8) is 0 Å². The first kappa shape index (κ1) is 6.49. The Morgan fingerprint density at radius 1 is 1.45 bits per heavy atom. The highest BCUT2D eigenvalue weighted by atomic mass is 35.5. The van der Waals surface area contributed by atoms with Gasteiger partial charge in [0.25, 0.3) is 0 Å². The molecule has 56 valence electrons. The maximum Gasteiger partial charge on any atom is 0.331 e. The average molecular weight is 169 g/mol. The first-order valence-electron chi connectivity index (χ1n) is 3.14. The Morgan fingerprint density at radius 3 is 3.00 bits per heavy atom. The van der Waals surface area contributed by atoms with E-state index in [2.05, 4.69) is 4.98 Å². The lowest BCUT2D eigenvalue weighted by molar-refractivity contribution is 1.07. The molecule has 2 aromatic rings. The molecule has 0 aromatic carbocycles. The van der Waals surface area contributed by atoms with Crippen molar-refractivity contribution in [3.05, 3.63) is 40.0 Å². The minimum Gasteiger partial charge on any atom is -0.312 e. The lowest BCUT2D eigenvalue weighted by Gasteiger charge is -1.92. The molecular formula is C7H5ClN2O. The molecule has 2 aromatic heterocycles. The van der Waals surface area contributed by atoms with Crippen LogP contribution in [0.15, 0.2) is 29.2 Å². The molecule has 1 N–H and O–H groups in total. The second-order valence-corrected chi connectivity index (χ2v) is 2.59. The summed E-state index contributed by atoms with van der Waals surface area (Å²) in [7, 11) is 0. The fourth-order valence-electron chi connectivity index (χ4n) is 1.03. The Bertz CT molecular complexity index is 443. The van der Waals surface area contributed by atoms with Gasteiger partial charge in [0.1, 0.15) is 5.15 Å². The summed E-state index contributed by atoms with van der Waals surface area (Å²) in [5.74, 6) is 0. The smallest absolute Gasteiger partial charge is 0.312 e. The van der Waals surface area contributed by atoms with Crippen LogP contribution in [-0.2, 0) is 0 Å². The summed E-state index contributed by atoms with van der Waals surface area (Å²) in [5, 5.41) is 0.425. The molecule has 0 aliphatic carbocycles. The third kappa shape index (κ3) is 0.851. The Balaban J connectivity index is 3.08. The maximum absolute atomic E-state index is 11.0. The van der Waals surface area contributed by atoms with Gasteiger partial charge in [0, 0.05) is 6.20 Å². The molecule has 0 unspecified atom stereocenters. The van der Waals surface area contributed by atoms with Crippen molar-refractivity contribution in [1.82, 2.24) is 9.38 Å². The van der Waals surface area contributed by atoms with Crippen molar-refractivity contribution in [2.24, 2.45) is 0 Å². The van der Waals surface area contributed by atoms with Gasteiger partial charge >= 0.3 is 5.69 Å². The van der Waals surface area contributed by atoms with Crippen LogP contribution in [0.4, 0.5) is 0 Å². The second kappa shape index (κ2) is 2.13. The van der Waals surface area contributed by atoms with E-state index in [9.17, 15) is 4.79 Å². The fraction of sp³-hybridized carbons (Fsp3) is 0. The van der Waals surface area contributed by atoms with Crippen LogP contribution >= 0.6 is 11.6 Å². The summed E-state index contributed by atoms with van der Waals surface area (Å²) in [6.45, 7) is 0. The average Bonchev–Trinajstić information content (AvgIpc) is 2.34. The standard InChI is InChI=1S/C7H5ClN2O/c8-6-3-1-2-5-4-9-7(11)10(5)6/h1-4H,(H,9,11). The first-order valence-corrected chi connectivity index (χ1v) is 3.51. The number of H-pyrrole nitrogens is 1. The van der Waals surface area contributed by atoms with Gasteiger partial charge in [0.15, 0.2) is 0 Å². The van der Waals surface area contributed by atoms with Crippen LogP contribution in [0.1, 0.15) is 0 Å². The highest BCUT2D eigenvalue weighted by molar-refractivity contribution is 6.29. The van der Waals surface area contributed by atoms with Gasteiger partial charge in [0.05, 0.1) is 5.52 Å². The molecule has 0 spiro atoms. The number of nitrogens with zero attached hydrogens (tertiary/aromatic N) is 1. The first-order chi connectivity index (χ1) is 5.29. The van der Waals surface area contributed by atoms with Crippen LogP contribution in [0.3, 0.4) is 0 Å². The lowest BCUT2D eigenvalue weighted by Crippen LogP contribution is -2.09. The van der Waals surface area contributed by atoms with Crippen LogP contribution in [-0.4, -0.2) is 9.38 Å². The summed E-state index contributed by atoms with van der Waals surface area (Å²) in [5.41, 5.74) is 0.577.